The maximum atomic E-state index is 11.0. The van der Waals surface area contributed by atoms with Gasteiger partial charge in [0.05, 0.1) is 9.40 Å². The summed E-state index contributed by atoms with van der Waals surface area (Å²) in [5.74, 6) is -0.341. The Hall–Kier alpha value is -1.43. The van der Waals surface area contributed by atoms with Crippen molar-refractivity contribution in [2.75, 3.05) is 5.32 Å². The molecule has 0 heterocycles. The van der Waals surface area contributed by atoms with E-state index >= 15 is 0 Å². The number of amides is 1. The fraction of sp³-hybridized carbons (Fsp3) is 0.300. The third-order valence-corrected chi connectivity index (χ3v) is 3.24. The number of aryl methyl sites for hydroxylation is 1. The Kier molecular flexibility index (Phi) is 3.64. The SMILES string of the molecule is CC(=O)Nc1c([N+](=O)[O-])cc(C)c(C)c1Br. The fourth-order valence-corrected chi connectivity index (χ4v) is 1.91. The van der Waals surface area contributed by atoms with Crippen LogP contribution in [0.3, 0.4) is 0 Å². The lowest BCUT2D eigenvalue weighted by molar-refractivity contribution is -0.384. The molecule has 0 unspecified atom stereocenters. The van der Waals surface area contributed by atoms with Gasteiger partial charge in [-0.05, 0) is 40.9 Å². The minimum absolute atomic E-state index is 0.106. The summed E-state index contributed by atoms with van der Waals surface area (Å²) in [5, 5.41) is 13.3. The molecule has 0 atom stereocenters. The van der Waals surface area contributed by atoms with Crippen LogP contribution in [0.5, 0.6) is 0 Å². The topological polar surface area (TPSA) is 72.2 Å². The first-order valence-corrected chi connectivity index (χ1v) is 5.35. The number of nitro groups is 1. The van der Waals surface area contributed by atoms with Crippen LogP contribution >= 0.6 is 15.9 Å². The average molecular weight is 287 g/mol. The van der Waals surface area contributed by atoms with Gasteiger partial charge in [0.25, 0.3) is 5.69 Å². The van der Waals surface area contributed by atoms with Crippen LogP contribution < -0.4 is 5.32 Å². The summed E-state index contributed by atoms with van der Waals surface area (Å²) in [6.07, 6.45) is 0. The highest BCUT2D eigenvalue weighted by molar-refractivity contribution is 9.10. The van der Waals surface area contributed by atoms with Crippen molar-refractivity contribution in [3.8, 4) is 0 Å². The van der Waals surface area contributed by atoms with Gasteiger partial charge in [-0.1, -0.05) is 0 Å². The molecule has 0 saturated carbocycles. The van der Waals surface area contributed by atoms with E-state index < -0.39 is 4.92 Å². The smallest absolute Gasteiger partial charge is 0.294 e. The van der Waals surface area contributed by atoms with Crippen LogP contribution in [0, 0.1) is 24.0 Å². The number of hydrogen-bond acceptors (Lipinski definition) is 3. The van der Waals surface area contributed by atoms with Crippen LogP contribution in [0.2, 0.25) is 0 Å². The van der Waals surface area contributed by atoms with Crippen LogP contribution in [0.25, 0.3) is 0 Å². The number of halogens is 1. The molecule has 0 radical (unpaired) electrons. The summed E-state index contributed by atoms with van der Waals surface area (Å²) in [6.45, 7) is 4.92. The van der Waals surface area contributed by atoms with Crippen molar-refractivity contribution in [3.05, 3.63) is 31.8 Å². The molecular formula is C10H11BrN2O3. The first kappa shape index (κ1) is 12.6. The minimum Gasteiger partial charge on any atom is -0.320 e. The standard InChI is InChI=1S/C10H11BrN2O3/c1-5-4-8(13(15)16)10(12-7(3)14)9(11)6(5)2/h4H,1-3H3,(H,12,14). The van der Waals surface area contributed by atoms with Crippen molar-refractivity contribution >= 4 is 33.2 Å². The molecule has 5 nitrogen and oxygen atoms in total. The number of rotatable bonds is 2. The molecule has 1 aromatic rings. The second-order valence-corrected chi connectivity index (χ2v) is 4.26. The third kappa shape index (κ3) is 2.38. The van der Waals surface area contributed by atoms with Gasteiger partial charge in [-0.3, -0.25) is 14.9 Å². The van der Waals surface area contributed by atoms with Gasteiger partial charge in [0.1, 0.15) is 5.69 Å². The van der Waals surface area contributed by atoms with E-state index in [1.54, 1.807) is 6.92 Å². The monoisotopic (exact) mass is 286 g/mol. The van der Waals surface area contributed by atoms with Crippen LogP contribution in [0.15, 0.2) is 10.5 Å². The highest BCUT2D eigenvalue weighted by Gasteiger charge is 2.20. The Morgan fingerprint density at radius 2 is 2.06 bits per heavy atom. The first-order chi connectivity index (χ1) is 7.34. The van der Waals surface area contributed by atoms with E-state index in [2.05, 4.69) is 21.2 Å². The zero-order valence-corrected chi connectivity index (χ0v) is 10.7. The van der Waals surface area contributed by atoms with E-state index in [1.165, 1.54) is 13.0 Å². The quantitative estimate of drug-likeness (QED) is 0.671. The van der Waals surface area contributed by atoms with Crippen LogP contribution in [-0.4, -0.2) is 10.8 Å². The van der Waals surface area contributed by atoms with Crippen molar-refractivity contribution in [1.82, 2.24) is 0 Å². The number of nitrogens with one attached hydrogen (secondary N) is 1. The summed E-state index contributed by atoms with van der Waals surface area (Å²) in [5.41, 5.74) is 1.77. The molecule has 1 rings (SSSR count). The fourth-order valence-electron chi connectivity index (χ4n) is 1.30. The van der Waals surface area contributed by atoms with Gasteiger partial charge in [-0.2, -0.15) is 0 Å². The highest BCUT2D eigenvalue weighted by Crippen LogP contribution is 2.36. The number of nitrogens with zero attached hydrogens (tertiary/aromatic N) is 1. The number of anilines is 1. The van der Waals surface area contributed by atoms with Crippen LogP contribution in [0.4, 0.5) is 11.4 Å². The lowest BCUT2D eigenvalue weighted by Gasteiger charge is -2.10. The first-order valence-electron chi connectivity index (χ1n) is 4.56. The number of carbonyl (C=O) groups excluding carboxylic acids is 1. The molecule has 1 aromatic carbocycles. The molecule has 6 heteroatoms. The van der Waals surface area contributed by atoms with E-state index in [1.807, 2.05) is 6.92 Å². The van der Waals surface area contributed by atoms with Crippen molar-refractivity contribution in [2.24, 2.45) is 0 Å². The van der Waals surface area contributed by atoms with Gasteiger partial charge >= 0.3 is 0 Å². The number of carbonyl (C=O) groups is 1. The summed E-state index contributed by atoms with van der Waals surface area (Å²) in [7, 11) is 0. The molecule has 0 aromatic heterocycles. The average Bonchev–Trinajstić information content (AvgIpc) is 2.17. The predicted molar refractivity (Wildman–Crippen MR) is 64.6 cm³/mol. The Balaban J connectivity index is 3.47. The van der Waals surface area contributed by atoms with Crippen molar-refractivity contribution in [2.45, 2.75) is 20.8 Å². The van der Waals surface area contributed by atoms with Gasteiger partial charge in [-0.15, -0.1) is 0 Å². The molecule has 0 bridgehead atoms. The summed E-state index contributed by atoms with van der Waals surface area (Å²) in [6, 6.07) is 1.45. The molecule has 0 aliphatic rings. The largest absolute Gasteiger partial charge is 0.320 e. The molecule has 0 aliphatic heterocycles. The molecule has 1 amide bonds. The van der Waals surface area contributed by atoms with Crippen molar-refractivity contribution in [3.63, 3.8) is 0 Å². The lowest BCUT2D eigenvalue weighted by atomic mass is 10.1. The van der Waals surface area contributed by atoms with Crippen molar-refractivity contribution < 1.29 is 9.72 Å². The Labute approximate surface area is 101 Å². The summed E-state index contributed by atoms with van der Waals surface area (Å²) >= 11 is 3.26. The van der Waals surface area contributed by atoms with Gasteiger partial charge in [0, 0.05) is 13.0 Å². The Morgan fingerprint density at radius 1 is 1.50 bits per heavy atom. The zero-order valence-electron chi connectivity index (χ0n) is 9.13. The highest BCUT2D eigenvalue weighted by atomic mass is 79.9. The van der Waals surface area contributed by atoms with Crippen LogP contribution in [-0.2, 0) is 4.79 Å². The minimum atomic E-state index is -0.511. The normalized spacial score (nSPS) is 10.0. The second kappa shape index (κ2) is 4.61. The van der Waals surface area contributed by atoms with E-state index in [9.17, 15) is 14.9 Å². The zero-order chi connectivity index (χ0) is 12.5. The summed E-state index contributed by atoms with van der Waals surface area (Å²) in [4.78, 5) is 21.3. The molecule has 86 valence electrons. The number of nitro benzene ring substituents is 1. The second-order valence-electron chi connectivity index (χ2n) is 3.46. The number of benzene rings is 1. The molecular weight excluding hydrogens is 276 g/mol. The molecule has 16 heavy (non-hydrogen) atoms. The Bertz CT molecular complexity index is 472. The lowest BCUT2D eigenvalue weighted by Crippen LogP contribution is -2.09. The Morgan fingerprint density at radius 3 is 2.50 bits per heavy atom. The van der Waals surface area contributed by atoms with Crippen molar-refractivity contribution in [1.29, 1.82) is 0 Å². The van der Waals surface area contributed by atoms with E-state index in [0.717, 1.165) is 11.1 Å². The molecule has 0 spiro atoms. The maximum absolute atomic E-state index is 11.0. The maximum Gasteiger partial charge on any atom is 0.294 e. The molecule has 0 saturated heterocycles. The molecule has 0 fully saturated rings. The van der Waals surface area contributed by atoms with Gasteiger partial charge < -0.3 is 5.32 Å². The van der Waals surface area contributed by atoms with E-state index in [4.69, 9.17) is 0 Å². The van der Waals surface area contributed by atoms with Crippen LogP contribution in [0.1, 0.15) is 18.1 Å². The van der Waals surface area contributed by atoms with Gasteiger partial charge in [0.15, 0.2) is 0 Å². The molecule has 0 aliphatic carbocycles. The predicted octanol–water partition coefficient (Wildman–Crippen LogP) is 2.93. The number of hydrogen-bond donors (Lipinski definition) is 1. The third-order valence-electron chi connectivity index (χ3n) is 2.25. The van der Waals surface area contributed by atoms with E-state index in [0.29, 0.717) is 4.47 Å². The summed E-state index contributed by atoms with van der Waals surface area (Å²) < 4.78 is 0.550. The van der Waals surface area contributed by atoms with Gasteiger partial charge in [-0.25, -0.2) is 0 Å². The van der Waals surface area contributed by atoms with E-state index in [-0.39, 0.29) is 17.3 Å². The van der Waals surface area contributed by atoms with Gasteiger partial charge in [0.2, 0.25) is 5.91 Å². The molecule has 1 N–H and O–H groups in total.